The molecule has 1 aliphatic heterocycles. The van der Waals surface area contributed by atoms with Gasteiger partial charge < -0.3 is 14.5 Å². The number of hydrogen-bond donors (Lipinski definition) is 1. The lowest BCUT2D eigenvalue weighted by Crippen LogP contribution is -2.48. The van der Waals surface area contributed by atoms with Gasteiger partial charge in [-0.25, -0.2) is 4.79 Å². The summed E-state index contributed by atoms with van der Waals surface area (Å²) in [5.74, 6) is 1.83. The van der Waals surface area contributed by atoms with E-state index in [1.54, 1.807) is 11.2 Å². The molecule has 0 saturated carbocycles. The molecule has 1 atom stereocenters. The van der Waals surface area contributed by atoms with Crippen LogP contribution in [-0.4, -0.2) is 48.1 Å². The molecule has 2 rings (SSSR count). The Bertz CT molecular complexity index is 532. The summed E-state index contributed by atoms with van der Waals surface area (Å²) in [6.07, 6.45) is 3.23. The van der Waals surface area contributed by atoms with E-state index < -0.39 is 5.60 Å². The number of rotatable bonds is 4. The van der Waals surface area contributed by atoms with Crippen molar-refractivity contribution in [1.82, 2.24) is 10.2 Å². The second-order valence-corrected chi connectivity index (χ2v) is 6.89. The number of amidine groups is 1. The third kappa shape index (κ3) is 5.96. The minimum absolute atomic E-state index is 0.262. The summed E-state index contributed by atoms with van der Waals surface area (Å²) in [4.78, 5) is 18.3. The second kappa shape index (κ2) is 7.53. The molecule has 1 N–H and O–H groups in total. The number of aryl methyl sites for hydroxylation is 1. The standard InChI is InChI=1S/C17H27N3O3/c1-13(7-8-14-6-5-11-22-14)19-15-12-20(10-9-18-15)16(21)23-17(2,3)4/h5-6,11,13H,7-10,12H2,1-4H3,(H,18,19). The molecule has 0 bridgehead atoms. The molecule has 6 heteroatoms. The maximum absolute atomic E-state index is 12.1. The molecule has 0 aliphatic carbocycles. The van der Waals surface area contributed by atoms with Crippen LogP contribution in [0.2, 0.25) is 0 Å². The number of aliphatic imine (C=N–C) groups is 1. The second-order valence-electron chi connectivity index (χ2n) is 6.89. The Morgan fingerprint density at radius 2 is 2.30 bits per heavy atom. The molecule has 1 aromatic rings. The average Bonchev–Trinajstić information content (AvgIpc) is 2.97. The summed E-state index contributed by atoms with van der Waals surface area (Å²) in [7, 11) is 0. The van der Waals surface area contributed by atoms with Gasteiger partial charge in [0.2, 0.25) is 0 Å². The number of furan rings is 1. The van der Waals surface area contributed by atoms with E-state index in [4.69, 9.17) is 9.15 Å². The van der Waals surface area contributed by atoms with Crippen molar-refractivity contribution in [1.29, 1.82) is 0 Å². The highest BCUT2D eigenvalue weighted by atomic mass is 16.6. The van der Waals surface area contributed by atoms with Crippen molar-refractivity contribution in [3.63, 3.8) is 0 Å². The molecule has 0 radical (unpaired) electrons. The van der Waals surface area contributed by atoms with E-state index in [1.165, 1.54) is 0 Å². The van der Waals surface area contributed by atoms with Crippen LogP contribution in [0.4, 0.5) is 4.79 Å². The van der Waals surface area contributed by atoms with Crippen LogP contribution in [0.3, 0.4) is 0 Å². The lowest BCUT2D eigenvalue weighted by atomic mass is 10.1. The van der Waals surface area contributed by atoms with E-state index in [1.807, 2.05) is 32.9 Å². The quantitative estimate of drug-likeness (QED) is 0.926. The zero-order valence-electron chi connectivity index (χ0n) is 14.5. The van der Waals surface area contributed by atoms with Gasteiger partial charge in [0.05, 0.1) is 19.4 Å². The Hall–Kier alpha value is -1.98. The number of amides is 1. The first kappa shape index (κ1) is 17.4. The smallest absolute Gasteiger partial charge is 0.410 e. The molecule has 0 spiro atoms. The highest BCUT2D eigenvalue weighted by Gasteiger charge is 2.25. The van der Waals surface area contributed by atoms with Crippen molar-refractivity contribution in [2.45, 2.75) is 52.2 Å². The van der Waals surface area contributed by atoms with Gasteiger partial charge in [-0.15, -0.1) is 0 Å². The number of nitrogens with one attached hydrogen (secondary N) is 1. The molecule has 6 nitrogen and oxygen atoms in total. The van der Waals surface area contributed by atoms with E-state index >= 15 is 0 Å². The molecular formula is C17H27N3O3. The Kier molecular flexibility index (Phi) is 5.69. The number of ether oxygens (including phenoxy) is 1. The van der Waals surface area contributed by atoms with Gasteiger partial charge in [0.25, 0.3) is 0 Å². The minimum atomic E-state index is -0.477. The van der Waals surface area contributed by atoms with Crippen molar-refractivity contribution >= 4 is 11.9 Å². The van der Waals surface area contributed by atoms with E-state index in [9.17, 15) is 4.79 Å². The summed E-state index contributed by atoms with van der Waals surface area (Å²) in [5.41, 5.74) is -0.477. The first-order valence-corrected chi connectivity index (χ1v) is 8.13. The van der Waals surface area contributed by atoms with Crippen LogP contribution < -0.4 is 5.32 Å². The summed E-state index contributed by atoms with van der Waals surface area (Å²) >= 11 is 0. The molecule has 0 fully saturated rings. The molecule has 1 aliphatic rings. The van der Waals surface area contributed by atoms with E-state index in [2.05, 4.69) is 17.2 Å². The SMILES string of the molecule is CC(CCc1ccco1)NC1=NCCN(C(=O)OC(C)(C)C)C1. The Labute approximate surface area is 137 Å². The fourth-order valence-corrected chi connectivity index (χ4v) is 2.36. The van der Waals surface area contributed by atoms with Gasteiger partial charge in [-0.3, -0.25) is 9.89 Å². The first-order chi connectivity index (χ1) is 10.8. The summed E-state index contributed by atoms with van der Waals surface area (Å²) in [6, 6.07) is 4.14. The molecule has 1 aromatic heterocycles. The predicted octanol–water partition coefficient (Wildman–Crippen LogP) is 2.84. The topological polar surface area (TPSA) is 67.1 Å². The molecular weight excluding hydrogens is 294 g/mol. The van der Waals surface area contributed by atoms with Gasteiger partial charge in [-0.05, 0) is 46.2 Å². The summed E-state index contributed by atoms with van der Waals surface area (Å²) in [5, 5.41) is 3.39. The fourth-order valence-electron chi connectivity index (χ4n) is 2.36. The van der Waals surface area contributed by atoms with Crippen LogP contribution in [0.25, 0.3) is 0 Å². The number of hydrogen-bond acceptors (Lipinski definition) is 5. The van der Waals surface area contributed by atoms with Crippen LogP contribution >= 0.6 is 0 Å². The lowest BCUT2D eigenvalue weighted by Gasteiger charge is -2.30. The predicted molar refractivity (Wildman–Crippen MR) is 89.7 cm³/mol. The van der Waals surface area contributed by atoms with Crippen LogP contribution in [0.1, 0.15) is 39.9 Å². The van der Waals surface area contributed by atoms with Gasteiger partial charge in [0.15, 0.2) is 0 Å². The number of carbonyl (C=O) groups is 1. The maximum atomic E-state index is 12.1. The maximum Gasteiger partial charge on any atom is 0.410 e. The third-order valence-corrected chi connectivity index (χ3v) is 3.48. The fraction of sp³-hybridized carbons (Fsp3) is 0.647. The summed E-state index contributed by atoms with van der Waals surface area (Å²) in [6.45, 7) is 9.40. The number of nitrogens with zero attached hydrogens (tertiary/aromatic N) is 2. The molecule has 128 valence electrons. The minimum Gasteiger partial charge on any atom is -0.469 e. The average molecular weight is 321 g/mol. The van der Waals surface area contributed by atoms with Crippen LogP contribution in [0, 0.1) is 0 Å². The normalized spacial score (nSPS) is 16.7. The van der Waals surface area contributed by atoms with Crippen molar-refractivity contribution < 1.29 is 13.9 Å². The Morgan fingerprint density at radius 1 is 1.52 bits per heavy atom. The zero-order chi connectivity index (χ0) is 16.9. The molecule has 23 heavy (non-hydrogen) atoms. The Morgan fingerprint density at radius 3 is 2.96 bits per heavy atom. The highest BCUT2D eigenvalue weighted by molar-refractivity contribution is 5.88. The van der Waals surface area contributed by atoms with Gasteiger partial charge in [-0.1, -0.05) is 0 Å². The zero-order valence-corrected chi connectivity index (χ0v) is 14.5. The number of carbonyl (C=O) groups excluding carboxylic acids is 1. The van der Waals surface area contributed by atoms with Crippen molar-refractivity contribution in [3.05, 3.63) is 24.2 Å². The van der Waals surface area contributed by atoms with Crippen LogP contribution in [0.5, 0.6) is 0 Å². The van der Waals surface area contributed by atoms with E-state index in [0.29, 0.717) is 19.6 Å². The van der Waals surface area contributed by atoms with Gasteiger partial charge in [0.1, 0.15) is 17.2 Å². The molecule has 1 amide bonds. The highest BCUT2D eigenvalue weighted by Crippen LogP contribution is 2.11. The lowest BCUT2D eigenvalue weighted by molar-refractivity contribution is 0.0276. The van der Waals surface area contributed by atoms with Crippen molar-refractivity contribution in [2.24, 2.45) is 4.99 Å². The summed E-state index contributed by atoms with van der Waals surface area (Å²) < 4.78 is 10.8. The largest absolute Gasteiger partial charge is 0.469 e. The molecule has 0 saturated heterocycles. The van der Waals surface area contributed by atoms with E-state index in [0.717, 1.165) is 24.4 Å². The Balaban J connectivity index is 1.79. The first-order valence-electron chi connectivity index (χ1n) is 8.13. The van der Waals surface area contributed by atoms with E-state index in [-0.39, 0.29) is 12.1 Å². The van der Waals surface area contributed by atoms with Crippen molar-refractivity contribution in [2.75, 3.05) is 19.6 Å². The monoisotopic (exact) mass is 321 g/mol. The van der Waals surface area contributed by atoms with Crippen LogP contribution in [0.15, 0.2) is 27.8 Å². The van der Waals surface area contributed by atoms with Gasteiger partial charge in [-0.2, -0.15) is 0 Å². The van der Waals surface area contributed by atoms with Crippen molar-refractivity contribution in [3.8, 4) is 0 Å². The molecule has 0 aromatic carbocycles. The van der Waals surface area contributed by atoms with Gasteiger partial charge >= 0.3 is 6.09 Å². The molecule has 1 unspecified atom stereocenters. The third-order valence-electron chi connectivity index (χ3n) is 3.48. The van der Waals surface area contributed by atoms with Crippen LogP contribution in [-0.2, 0) is 11.2 Å². The van der Waals surface area contributed by atoms with Gasteiger partial charge in [0, 0.05) is 19.0 Å². The molecule has 2 heterocycles.